The Bertz CT molecular complexity index is 957. The number of benzene rings is 2. The van der Waals surface area contributed by atoms with Crippen molar-refractivity contribution < 1.29 is 13.6 Å². The molecular weight excluding hydrogens is 322 g/mol. The van der Waals surface area contributed by atoms with Crippen LogP contribution >= 0.6 is 0 Å². The zero-order valence-corrected chi connectivity index (χ0v) is 13.8. The van der Waals surface area contributed by atoms with Gasteiger partial charge in [0.05, 0.1) is 0 Å². The SMILES string of the molecule is Cc1ccc2[nH]c3c(c2c1)CC(C(=O)Nc1c(F)cccc1F)CC3. The summed E-state index contributed by atoms with van der Waals surface area (Å²) in [6.07, 6.45) is 1.97. The van der Waals surface area contributed by atoms with Crippen molar-refractivity contribution >= 4 is 22.5 Å². The summed E-state index contributed by atoms with van der Waals surface area (Å²) in [5.41, 5.74) is 4.15. The Labute approximate surface area is 144 Å². The summed E-state index contributed by atoms with van der Waals surface area (Å²) in [6, 6.07) is 9.77. The molecule has 1 heterocycles. The van der Waals surface area contributed by atoms with Gasteiger partial charge in [-0.15, -0.1) is 0 Å². The average molecular weight is 340 g/mol. The van der Waals surface area contributed by atoms with Gasteiger partial charge in [-0.1, -0.05) is 17.7 Å². The van der Waals surface area contributed by atoms with Crippen molar-refractivity contribution in [2.24, 2.45) is 5.92 Å². The second kappa shape index (κ2) is 5.99. The summed E-state index contributed by atoms with van der Waals surface area (Å²) >= 11 is 0. The summed E-state index contributed by atoms with van der Waals surface area (Å²) in [5, 5.41) is 3.56. The predicted octanol–water partition coefficient (Wildman–Crippen LogP) is 4.50. The summed E-state index contributed by atoms with van der Waals surface area (Å²) in [4.78, 5) is 16.0. The maximum Gasteiger partial charge on any atom is 0.227 e. The van der Waals surface area contributed by atoms with E-state index in [9.17, 15) is 13.6 Å². The number of amides is 1. The third-order valence-corrected chi connectivity index (χ3v) is 4.93. The first kappa shape index (κ1) is 15.8. The van der Waals surface area contributed by atoms with Gasteiger partial charge >= 0.3 is 0 Å². The molecule has 0 fully saturated rings. The van der Waals surface area contributed by atoms with Crippen LogP contribution in [-0.4, -0.2) is 10.9 Å². The Balaban J connectivity index is 1.60. The number of hydrogen-bond donors (Lipinski definition) is 2. The lowest BCUT2D eigenvalue weighted by atomic mass is 9.85. The van der Waals surface area contributed by atoms with Crippen molar-refractivity contribution in [2.75, 3.05) is 5.32 Å². The van der Waals surface area contributed by atoms with Gasteiger partial charge in [-0.05, 0) is 56.0 Å². The minimum atomic E-state index is -0.757. The molecule has 1 atom stereocenters. The standard InChI is InChI=1S/C20H18F2N2O/c1-11-5-7-17-13(9-11)14-10-12(6-8-18(14)23-17)20(25)24-19-15(21)3-2-4-16(19)22/h2-5,7,9,12,23H,6,8,10H2,1H3,(H,24,25). The highest BCUT2D eigenvalue weighted by Gasteiger charge is 2.28. The first-order valence-corrected chi connectivity index (χ1v) is 8.38. The first-order valence-electron chi connectivity index (χ1n) is 8.38. The number of carbonyl (C=O) groups excluding carboxylic acids is 1. The highest BCUT2D eigenvalue weighted by atomic mass is 19.1. The van der Waals surface area contributed by atoms with E-state index in [1.807, 2.05) is 13.0 Å². The van der Waals surface area contributed by atoms with Gasteiger partial charge < -0.3 is 10.3 Å². The number of anilines is 1. The summed E-state index contributed by atoms with van der Waals surface area (Å²) in [5.74, 6) is -2.15. The van der Waals surface area contributed by atoms with Crippen molar-refractivity contribution in [3.05, 3.63) is 64.9 Å². The molecule has 1 aliphatic carbocycles. The number of aromatic nitrogens is 1. The fraction of sp³-hybridized carbons (Fsp3) is 0.250. The van der Waals surface area contributed by atoms with E-state index >= 15 is 0 Å². The fourth-order valence-electron chi connectivity index (χ4n) is 3.60. The number of para-hydroxylation sites is 1. The molecule has 1 amide bonds. The molecule has 4 rings (SSSR count). The molecule has 2 aromatic carbocycles. The van der Waals surface area contributed by atoms with Crippen molar-refractivity contribution in [3.8, 4) is 0 Å². The van der Waals surface area contributed by atoms with Gasteiger partial charge in [0.2, 0.25) is 5.91 Å². The highest BCUT2D eigenvalue weighted by Crippen LogP contribution is 2.33. The second-order valence-electron chi connectivity index (χ2n) is 6.66. The molecule has 1 aliphatic rings. The summed E-state index contributed by atoms with van der Waals surface area (Å²) < 4.78 is 27.5. The Morgan fingerprint density at radius 1 is 1.20 bits per heavy atom. The van der Waals surface area contributed by atoms with Gasteiger partial charge in [-0.25, -0.2) is 8.78 Å². The van der Waals surface area contributed by atoms with E-state index in [0.29, 0.717) is 12.8 Å². The zero-order valence-electron chi connectivity index (χ0n) is 13.8. The maximum atomic E-state index is 13.8. The topological polar surface area (TPSA) is 44.9 Å². The van der Waals surface area contributed by atoms with Crippen LogP contribution in [0.5, 0.6) is 0 Å². The minimum absolute atomic E-state index is 0.300. The van der Waals surface area contributed by atoms with Crippen LogP contribution in [0.1, 0.15) is 23.2 Å². The normalized spacial score (nSPS) is 16.7. The summed E-state index contributed by atoms with van der Waals surface area (Å²) in [7, 11) is 0. The molecule has 1 unspecified atom stereocenters. The molecule has 0 radical (unpaired) electrons. The van der Waals surface area contributed by atoms with E-state index in [1.165, 1.54) is 6.07 Å². The number of H-pyrrole nitrogens is 1. The number of aryl methyl sites for hydroxylation is 2. The number of fused-ring (bicyclic) bond motifs is 3. The van der Waals surface area contributed by atoms with Crippen LogP contribution in [0.2, 0.25) is 0 Å². The second-order valence-corrected chi connectivity index (χ2v) is 6.66. The number of nitrogens with one attached hydrogen (secondary N) is 2. The van der Waals surface area contributed by atoms with E-state index in [1.54, 1.807) is 0 Å². The lowest BCUT2D eigenvalue weighted by Gasteiger charge is -2.22. The van der Waals surface area contributed by atoms with Crippen molar-refractivity contribution in [3.63, 3.8) is 0 Å². The van der Waals surface area contributed by atoms with E-state index in [2.05, 4.69) is 22.4 Å². The Morgan fingerprint density at radius 2 is 1.96 bits per heavy atom. The monoisotopic (exact) mass is 340 g/mol. The van der Waals surface area contributed by atoms with Crippen LogP contribution < -0.4 is 5.32 Å². The summed E-state index contributed by atoms with van der Waals surface area (Å²) in [6.45, 7) is 2.03. The van der Waals surface area contributed by atoms with Crippen molar-refractivity contribution in [1.82, 2.24) is 4.98 Å². The smallest absolute Gasteiger partial charge is 0.227 e. The van der Waals surface area contributed by atoms with Crippen molar-refractivity contribution in [1.29, 1.82) is 0 Å². The molecule has 128 valence electrons. The van der Waals surface area contributed by atoms with Crippen molar-refractivity contribution in [2.45, 2.75) is 26.2 Å². The van der Waals surface area contributed by atoms with Crippen LogP contribution in [0.15, 0.2) is 36.4 Å². The van der Waals surface area contributed by atoms with Gasteiger partial charge in [-0.2, -0.15) is 0 Å². The largest absolute Gasteiger partial charge is 0.358 e. The molecule has 3 aromatic rings. The molecular formula is C20H18F2N2O. The molecule has 1 aromatic heterocycles. The molecule has 25 heavy (non-hydrogen) atoms. The predicted molar refractivity (Wildman–Crippen MR) is 93.5 cm³/mol. The van der Waals surface area contributed by atoms with Gasteiger partial charge in [0.15, 0.2) is 0 Å². The number of aromatic amines is 1. The van der Waals surface area contributed by atoms with Gasteiger partial charge in [0.25, 0.3) is 0 Å². The van der Waals surface area contributed by atoms with Crippen LogP contribution in [-0.2, 0) is 17.6 Å². The third kappa shape index (κ3) is 2.80. The van der Waals surface area contributed by atoms with Crippen LogP contribution in [0.25, 0.3) is 10.9 Å². The molecule has 0 spiro atoms. The third-order valence-electron chi connectivity index (χ3n) is 4.93. The van der Waals surface area contributed by atoms with Gasteiger partial charge in [0.1, 0.15) is 17.3 Å². The first-order chi connectivity index (χ1) is 12.0. The Hall–Kier alpha value is -2.69. The van der Waals surface area contributed by atoms with Crippen LogP contribution in [0.4, 0.5) is 14.5 Å². The minimum Gasteiger partial charge on any atom is -0.358 e. The van der Waals surface area contributed by atoms with E-state index in [4.69, 9.17) is 0 Å². The lowest BCUT2D eigenvalue weighted by molar-refractivity contribution is -0.120. The molecule has 0 aliphatic heterocycles. The van der Waals surface area contributed by atoms with Gasteiger partial charge in [0, 0.05) is 22.5 Å². The van der Waals surface area contributed by atoms with Crippen LogP contribution in [0, 0.1) is 24.5 Å². The number of carbonyl (C=O) groups is 1. The van der Waals surface area contributed by atoms with Gasteiger partial charge in [-0.3, -0.25) is 4.79 Å². The van der Waals surface area contributed by atoms with E-state index in [-0.39, 0.29) is 17.5 Å². The molecule has 2 N–H and O–H groups in total. The Morgan fingerprint density at radius 3 is 2.72 bits per heavy atom. The van der Waals surface area contributed by atoms with E-state index in [0.717, 1.165) is 46.3 Å². The molecule has 0 saturated heterocycles. The molecule has 0 bridgehead atoms. The quantitative estimate of drug-likeness (QED) is 0.709. The number of rotatable bonds is 2. The number of hydrogen-bond acceptors (Lipinski definition) is 1. The van der Waals surface area contributed by atoms with E-state index < -0.39 is 11.6 Å². The maximum absolute atomic E-state index is 13.8. The average Bonchev–Trinajstić information content (AvgIpc) is 2.95. The lowest BCUT2D eigenvalue weighted by Crippen LogP contribution is -2.28. The fourth-order valence-corrected chi connectivity index (χ4v) is 3.60. The Kier molecular flexibility index (Phi) is 3.79. The highest BCUT2D eigenvalue weighted by molar-refractivity contribution is 5.94. The van der Waals surface area contributed by atoms with Crippen LogP contribution in [0.3, 0.4) is 0 Å². The molecule has 0 saturated carbocycles. The zero-order chi connectivity index (χ0) is 17.6. The molecule has 5 heteroatoms. The molecule has 3 nitrogen and oxygen atoms in total. The number of halogens is 2.